The molecule has 4 saturated carbocycles. The fourth-order valence-electron chi connectivity index (χ4n) is 3.84. The van der Waals surface area contributed by atoms with E-state index in [1.54, 1.807) is 12.7 Å². The van der Waals surface area contributed by atoms with E-state index in [2.05, 4.69) is 15.0 Å². The Morgan fingerprint density at radius 3 is 2.27 bits per heavy atom. The van der Waals surface area contributed by atoms with E-state index in [0.29, 0.717) is 5.41 Å². The van der Waals surface area contributed by atoms with Crippen LogP contribution in [0.1, 0.15) is 5.82 Å². The molecule has 1 aromatic rings. The second-order valence-corrected chi connectivity index (χ2v) is 4.24. The Labute approximate surface area is 62.9 Å². The second kappa shape index (κ2) is 0.737. The molecule has 0 aliphatic heterocycles. The minimum Gasteiger partial charge on any atom is -0.225 e. The SMILES string of the molecule is c1ncnc(C23C4C5C2C543)n1. The summed E-state index contributed by atoms with van der Waals surface area (Å²) >= 11 is 0. The van der Waals surface area contributed by atoms with Crippen LogP contribution in [0.4, 0.5) is 0 Å². The van der Waals surface area contributed by atoms with E-state index in [9.17, 15) is 0 Å². The van der Waals surface area contributed by atoms with Gasteiger partial charge in [0.2, 0.25) is 0 Å². The van der Waals surface area contributed by atoms with Gasteiger partial charge >= 0.3 is 0 Å². The average molecular weight is 143 g/mol. The molecule has 2 atom stereocenters. The van der Waals surface area contributed by atoms with Gasteiger partial charge in [0.1, 0.15) is 18.5 Å². The summed E-state index contributed by atoms with van der Waals surface area (Å²) in [5.74, 6) is 4.29. The number of hydrogen-bond donors (Lipinski definition) is 0. The summed E-state index contributed by atoms with van der Waals surface area (Å²) in [7, 11) is 0. The van der Waals surface area contributed by atoms with Gasteiger partial charge in [-0.25, -0.2) is 15.0 Å². The lowest BCUT2D eigenvalue weighted by Crippen LogP contribution is -2.25. The Morgan fingerprint density at radius 1 is 1.18 bits per heavy atom. The molecule has 0 amide bonds. The highest BCUT2D eigenvalue weighted by Gasteiger charge is 3.31. The van der Waals surface area contributed by atoms with Crippen molar-refractivity contribution in [1.29, 1.82) is 0 Å². The first-order chi connectivity index (χ1) is 5.47. The summed E-state index contributed by atoms with van der Waals surface area (Å²) in [6.45, 7) is 0. The summed E-state index contributed by atoms with van der Waals surface area (Å²) in [5.41, 5.74) is 1.36. The maximum atomic E-state index is 4.22. The Kier molecular flexibility index (Phi) is 0.277. The molecule has 1 aromatic heterocycles. The highest BCUT2D eigenvalue weighted by molar-refractivity contribution is 5.81. The van der Waals surface area contributed by atoms with Crippen molar-refractivity contribution in [3.63, 3.8) is 0 Å². The normalized spacial score (nSPS) is 69.6. The van der Waals surface area contributed by atoms with Crippen LogP contribution in [0.25, 0.3) is 0 Å². The van der Waals surface area contributed by atoms with Gasteiger partial charge in [-0.05, 0) is 23.2 Å². The molecule has 3 nitrogen and oxygen atoms in total. The molecular formula is C8H5N3. The number of nitrogens with zero attached hydrogens (tertiary/aromatic N) is 3. The molecule has 0 aromatic carbocycles. The number of fused-ring (bicyclic) bond motifs is 4. The van der Waals surface area contributed by atoms with Crippen LogP contribution < -0.4 is 0 Å². The molecule has 4 fully saturated rings. The fraction of sp³-hybridized carbons (Fsp3) is 0.625. The molecule has 1 spiro atoms. The van der Waals surface area contributed by atoms with Crippen molar-refractivity contribution in [3.8, 4) is 0 Å². The van der Waals surface area contributed by atoms with Crippen molar-refractivity contribution in [1.82, 2.24) is 15.0 Å². The Balaban J connectivity index is 1.78. The first-order valence-electron chi connectivity index (χ1n) is 4.09. The number of rotatable bonds is 1. The largest absolute Gasteiger partial charge is 0.225 e. The lowest BCUT2D eigenvalue weighted by Gasteiger charge is -2.21. The number of aromatic nitrogens is 3. The fourth-order valence-corrected chi connectivity index (χ4v) is 3.84. The maximum absolute atomic E-state index is 4.22. The highest BCUT2D eigenvalue weighted by atomic mass is 15.3. The Hall–Kier alpha value is -0.990. The second-order valence-electron chi connectivity index (χ2n) is 4.24. The number of hydrogen-bond acceptors (Lipinski definition) is 3. The van der Waals surface area contributed by atoms with Crippen LogP contribution in [0, 0.1) is 23.2 Å². The average Bonchev–Trinajstić information content (AvgIpc) is 2.75. The monoisotopic (exact) mass is 143 g/mol. The van der Waals surface area contributed by atoms with Crippen molar-refractivity contribution in [2.24, 2.45) is 23.2 Å². The maximum Gasteiger partial charge on any atom is 0.139 e. The predicted octanol–water partition coefficient (Wildman–Crippen LogP) is -0.00120. The molecular weight excluding hydrogens is 138 g/mol. The lowest BCUT2D eigenvalue weighted by atomic mass is 9.84. The molecule has 0 bridgehead atoms. The highest BCUT2D eigenvalue weighted by Crippen LogP contribution is 3.29. The van der Waals surface area contributed by atoms with Crippen LogP contribution in [-0.2, 0) is 5.41 Å². The molecule has 3 heteroatoms. The predicted molar refractivity (Wildman–Crippen MR) is 34.4 cm³/mol. The van der Waals surface area contributed by atoms with Gasteiger partial charge in [0.05, 0.1) is 0 Å². The van der Waals surface area contributed by atoms with E-state index < -0.39 is 0 Å². The van der Waals surface area contributed by atoms with Crippen molar-refractivity contribution in [2.45, 2.75) is 5.41 Å². The minimum absolute atomic E-state index is 0.542. The third-order valence-electron chi connectivity index (χ3n) is 4.48. The molecule has 0 radical (unpaired) electrons. The van der Waals surface area contributed by atoms with Crippen LogP contribution in [-0.4, -0.2) is 15.0 Å². The molecule has 11 heavy (non-hydrogen) atoms. The van der Waals surface area contributed by atoms with Crippen molar-refractivity contribution in [2.75, 3.05) is 0 Å². The molecule has 4 aliphatic rings. The molecule has 5 rings (SSSR count). The van der Waals surface area contributed by atoms with Crippen molar-refractivity contribution >= 4 is 0 Å². The van der Waals surface area contributed by atoms with Crippen LogP contribution in [0.2, 0.25) is 0 Å². The molecule has 0 saturated heterocycles. The van der Waals surface area contributed by atoms with E-state index in [1.807, 2.05) is 0 Å². The topological polar surface area (TPSA) is 38.7 Å². The van der Waals surface area contributed by atoms with Gasteiger partial charge in [-0.3, -0.25) is 0 Å². The van der Waals surface area contributed by atoms with E-state index in [1.165, 1.54) is 0 Å². The first kappa shape index (κ1) is 4.14. The summed E-state index contributed by atoms with van der Waals surface area (Å²) < 4.78 is 0. The van der Waals surface area contributed by atoms with Crippen LogP contribution >= 0.6 is 0 Å². The van der Waals surface area contributed by atoms with Crippen molar-refractivity contribution < 1.29 is 0 Å². The van der Waals surface area contributed by atoms with Gasteiger partial charge in [-0.1, -0.05) is 0 Å². The standard InChI is InChI=1S/C8H5N3/c1-9-2-11-6(10-1)8-4-3-5(8)7(3,4)8/h1-5H. The van der Waals surface area contributed by atoms with Gasteiger partial charge in [-0.2, -0.15) is 0 Å². The summed E-state index contributed by atoms with van der Waals surface area (Å²) in [6.07, 6.45) is 3.25. The van der Waals surface area contributed by atoms with E-state index in [-0.39, 0.29) is 0 Å². The zero-order valence-corrected chi connectivity index (χ0v) is 5.73. The van der Waals surface area contributed by atoms with E-state index in [4.69, 9.17) is 0 Å². The van der Waals surface area contributed by atoms with Crippen LogP contribution in [0.5, 0.6) is 0 Å². The minimum atomic E-state index is 0.542. The molecule has 52 valence electrons. The smallest absolute Gasteiger partial charge is 0.139 e. The van der Waals surface area contributed by atoms with Gasteiger partial charge < -0.3 is 0 Å². The third-order valence-corrected chi connectivity index (χ3v) is 4.48. The van der Waals surface area contributed by atoms with E-state index >= 15 is 0 Å². The molecule has 0 N–H and O–H groups in total. The summed E-state index contributed by atoms with van der Waals surface area (Å²) in [6, 6.07) is 0. The zero-order valence-electron chi connectivity index (χ0n) is 5.73. The summed E-state index contributed by atoms with van der Waals surface area (Å²) in [5, 5.41) is 0. The first-order valence-corrected chi connectivity index (χ1v) is 4.09. The van der Waals surface area contributed by atoms with Gasteiger partial charge in [0.15, 0.2) is 0 Å². The van der Waals surface area contributed by atoms with Gasteiger partial charge in [0, 0.05) is 5.41 Å². The molecule has 4 aliphatic carbocycles. The zero-order chi connectivity index (χ0) is 6.84. The Bertz CT molecular complexity index is 387. The quantitative estimate of drug-likeness (QED) is 0.555. The van der Waals surface area contributed by atoms with Crippen LogP contribution in [0.3, 0.4) is 0 Å². The van der Waals surface area contributed by atoms with Crippen LogP contribution in [0.15, 0.2) is 12.7 Å². The van der Waals surface area contributed by atoms with Crippen molar-refractivity contribution in [3.05, 3.63) is 18.5 Å². The van der Waals surface area contributed by atoms with E-state index in [0.717, 1.165) is 29.0 Å². The van der Waals surface area contributed by atoms with Gasteiger partial charge in [-0.15, -0.1) is 0 Å². The summed E-state index contributed by atoms with van der Waals surface area (Å²) in [4.78, 5) is 12.3. The lowest BCUT2D eigenvalue weighted by molar-refractivity contribution is 0.353. The third kappa shape index (κ3) is 0.164. The Morgan fingerprint density at radius 2 is 1.82 bits per heavy atom. The molecule has 1 heterocycles. The molecule has 2 unspecified atom stereocenters. The van der Waals surface area contributed by atoms with Gasteiger partial charge in [0.25, 0.3) is 0 Å².